The van der Waals surface area contributed by atoms with Crippen LogP contribution in [0.25, 0.3) is 11.3 Å². The number of hydrogen-bond acceptors (Lipinski definition) is 7. The lowest BCUT2D eigenvalue weighted by Gasteiger charge is -2.23. The fraction of sp³-hybridized carbons (Fsp3) is 0.393. The Balaban J connectivity index is 0.00000400. The second-order valence-corrected chi connectivity index (χ2v) is 10.5. The molecule has 4 rings (SSSR count). The third kappa shape index (κ3) is 8.41. The highest BCUT2D eigenvalue weighted by molar-refractivity contribution is 7.83. The van der Waals surface area contributed by atoms with Crippen LogP contribution in [0, 0.1) is 11.3 Å². The largest absolute Gasteiger partial charge is 0.489 e. The van der Waals surface area contributed by atoms with Crippen LogP contribution in [0.15, 0.2) is 59.6 Å². The molecule has 0 amide bonds. The van der Waals surface area contributed by atoms with Crippen LogP contribution < -0.4 is 9.46 Å². The Labute approximate surface area is 226 Å². The van der Waals surface area contributed by atoms with Crippen molar-refractivity contribution in [2.24, 2.45) is 0 Å². The summed E-state index contributed by atoms with van der Waals surface area (Å²) in [6.45, 7) is 3.02. The summed E-state index contributed by atoms with van der Waals surface area (Å²) in [6, 6.07) is 17.4. The van der Waals surface area contributed by atoms with Crippen LogP contribution in [0.5, 0.6) is 5.75 Å². The Morgan fingerprint density at radius 3 is 2.63 bits per heavy atom. The fourth-order valence-electron chi connectivity index (χ4n) is 4.05. The normalized spacial score (nSPS) is 14.5. The van der Waals surface area contributed by atoms with E-state index in [9.17, 15) is 9.47 Å². The molecule has 3 N–H and O–H groups in total. The van der Waals surface area contributed by atoms with Crippen LogP contribution in [0.2, 0.25) is 0 Å². The van der Waals surface area contributed by atoms with Gasteiger partial charge in [-0.25, -0.2) is 18.9 Å². The predicted octanol–water partition coefficient (Wildman–Crippen LogP) is 2.90. The fourth-order valence-corrected chi connectivity index (χ4v) is 4.93. The summed E-state index contributed by atoms with van der Waals surface area (Å²) in [6.07, 6.45) is 4.94. The monoisotopic (exact) mass is 537 g/mol. The topological polar surface area (TPSA) is 132 Å². The van der Waals surface area contributed by atoms with E-state index in [1.807, 2.05) is 62.6 Å². The van der Waals surface area contributed by atoms with E-state index < -0.39 is 11.0 Å². The molecular formula is C28H35N5O4S. The lowest BCUT2D eigenvalue weighted by atomic mass is 10.1. The van der Waals surface area contributed by atoms with Gasteiger partial charge in [0, 0.05) is 37.6 Å². The Kier molecular flexibility index (Phi) is 11.3. The summed E-state index contributed by atoms with van der Waals surface area (Å²) in [5, 5.41) is 9.70. The molecule has 10 heteroatoms. The van der Waals surface area contributed by atoms with E-state index in [4.69, 9.17) is 14.5 Å². The van der Waals surface area contributed by atoms with Gasteiger partial charge in [0.25, 0.3) is 0 Å². The molecule has 0 aliphatic carbocycles. The molecule has 38 heavy (non-hydrogen) atoms. The highest BCUT2D eigenvalue weighted by atomic mass is 32.2. The number of nitrogens with zero attached hydrogens (tertiary/aromatic N) is 4. The van der Waals surface area contributed by atoms with Gasteiger partial charge in [0.15, 0.2) is 0 Å². The average Bonchev–Trinajstić information content (AvgIpc) is 2.92. The Morgan fingerprint density at radius 1 is 1.16 bits per heavy atom. The molecule has 0 radical (unpaired) electrons. The molecule has 2 heterocycles. The van der Waals surface area contributed by atoms with E-state index in [2.05, 4.69) is 20.7 Å². The zero-order valence-electron chi connectivity index (χ0n) is 21.9. The van der Waals surface area contributed by atoms with Gasteiger partial charge in [0.05, 0.1) is 29.4 Å². The van der Waals surface area contributed by atoms with Gasteiger partial charge in [-0.2, -0.15) is 5.26 Å². The SMILES string of the molecule is CN(C)CCCNS(=O)c1ccc(Cc2nccc(-c3ccc(OC4CCOCC4)c(C#N)c3)n2)cc1.O. The molecule has 1 unspecified atom stereocenters. The average molecular weight is 538 g/mol. The zero-order valence-corrected chi connectivity index (χ0v) is 22.7. The maximum Gasteiger partial charge on any atom is 0.137 e. The van der Waals surface area contributed by atoms with E-state index in [0.717, 1.165) is 47.5 Å². The zero-order chi connectivity index (χ0) is 26.0. The molecule has 0 saturated carbocycles. The minimum absolute atomic E-state index is 0. The van der Waals surface area contributed by atoms with Gasteiger partial charge in [-0.3, -0.25) is 0 Å². The minimum atomic E-state index is -1.23. The molecular weight excluding hydrogens is 502 g/mol. The number of hydrogen-bond donors (Lipinski definition) is 1. The number of rotatable bonds is 11. The van der Waals surface area contributed by atoms with Gasteiger partial charge in [0.2, 0.25) is 0 Å². The van der Waals surface area contributed by atoms with Gasteiger partial charge in [-0.1, -0.05) is 12.1 Å². The first kappa shape index (κ1) is 29.4. The van der Waals surface area contributed by atoms with Crippen LogP contribution >= 0.6 is 0 Å². The quantitative estimate of drug-likeness (QED) is 0.372. The highest BCUT2D eigenvalue weighted by Gasteiger charge is 2.17. The summed E-state index contributed by atoms with van der Waals surface area (Å²) in [7, 11) is 2.82. The first-order valence-electron chi connectivity index (χ1n) is 12.5. The van der Waals surface area contributed by atoms with Crippen molar-refractivity contribution in [3.63, 3.8) is 0 Å². The van der Waals surface area contributed by atoms with E-state index >= 15 is 0 Å². The number of benzene rings is 2. The Bertz CT molecular complexity index is 1240. The minimum Gasteiger partial charge on any atom is -0.489 e. The van der Waals surface area contributed by atoms with E-state index in [1.165, 1.54) is 0 Å². The molecule has 1 fully saturated rings. The highest BCUT2D eigenvalue weighted by Crippen LogP contribution is 2.27. The van der Waals surface area contributed by atoms with E-state index in [0.29, 0.717) is 43.3 Å². The van der Waals surface area contributed by atoms with Gasteiger partial charge in [-0.05, 0) is 69.0 Å². The second-order valence-electron chi connectivity index (χ2n) is 9.25. The van der Waals surface area contributed by atoms with Gasteiger partial charge < -0.3 is 19.8 Å². The third-order valence-corrected chi connectivity index (χ3v) is 7.24. The Morgan fingerprint density at radius 2 is 1.92 bits per heavy atom. The molecule has 1 aromatic heterocycles. The van der Waals surface area contributed by atoms with E-state index in [-0.39, 0.29) is 11.6 Å². The summed E-state index contributed by atoms with van der Waals surface area (Å²) in [4.78, 5) is 12.0. The number of aromatic nitrogens is 2. The smallest absolute Gasteiger partial charge is 0.137 e. The molecule has 9 nitrogen and oxygen atoms in total. The van der Waals surface area contributed by atoms with Gasteiger partial charge in [-0.15, -0.1) is 0 Å². The molecule has 3 aromatic rings. The third-order valence-electron chi connectivity index (χ3n) is 6.08. The van der Waals surface area contributed by atoms with Crippen LogP contribution in [0.3, 0.4) is 0 Å². The number of nitrogens with one attached hydrogen (secondary N) is 1. The molecule has 202 valence electrons. The maximum absolute atomic E-state index is 12.5. The Hall–Kier alpha value is -3.20. The summed E-state index contributed by atoms with van der Waals surface area (Å²) in [5.41, 5.74) is 3.11. The number of ether oxygens (including phenoxy) is 2. The first-order chi connectivity index (χ1) is 18.0. The van der Waals surface area contributed by atoms with Gasteiger partial charge >= 0.3 is 0 Å². The summed E-state index contributed by atoms with van der Waals surface area (Å²) >= 11 is 0. The molecule has 1 aliphatic heterocycles. The number of nitriles is 1. The van der Waals surface area contributed by atoms with Gasteiger partial charge in [0.1, 0.15) is 34.7 Å². The molecule has 1 aliphatic rings. The van der Waals surface area contributed by atoms with Crippen LogP contribution in [0.1, 0.15) is 36.2 Å². The van der Waals surface area contributed by atoms with Crippen molar-refractivity contribution < 1.29 is 19.2 Å². The summed E-state index contributed by atoms with van der Waals surface area (Å²) < 4.78 is 27.0. The standard InChI is InChI=1S/C28H33N5O3S.H2O/c1-33(2)15-3-13-31-37(34)25-7-4-21(5-8-25)18-28-30-14-10-26(32-28)22-6-9-27(23(19-22)20-29)36-24-11-16-35-17-12-24;/h4-10,14,19,24,31H,3,11-13,15-18H2,1-2H3;1H2. The van der Waals surface area contributed by atoms with E-state index in [1.54, 1.807) is 6.20 Å². The molecule has 0 spiro atoms. The van der Waals surface area contributed by atoms with Crippen molar-refractivity contribution in [1.82, 2.24) is 19.6 Å². The van der Waals surface area contributed by atoms with Crippen LogP contribution in [-0.4, -0.2) is 71.1 Å². The maximum atomic E-state index is 12.5. The van der Waals surface area contributed by atoms with Crippen molar-refractivity contribution in [1.29, 1.82) is 5.26 Å². The van der Waals surface area contributed by atoms with Crippen LogP contribution in [-0.2, 0) is 22.1 Å². The van der Waals surface area contributed by atoms with Crippen molar-refractivity contribution in [2.75, 3.05) is 40.4 Å². The lowest BCUT2D eigenvalue weighted by Crippen LogP contribution is -2.26. The predicted molar refractivity (Wildman–Crippen MR) is 147 cm³/mol. The van der Waals surface area contributed by atoms with Crippen molar-refractivity contribution in [2.45, 2.75) is 36.7 Å². The lowest BCUT2D eigenvalue weighted by molar-refractivity contribution is 0.0254. The van der Waals surface area contributed by atoms with Crippen molar-refractivity contribution >= 4 is 11.0 Å². The van der Waals surface area contributed by atoms with Crippen molar-refractivity contribution in [3.05, 3.63) is 71.7 Å². The van der Waals surface area contributed by atoms with Crippen molar-refractivity contribution in [3.8, 4) is 23.1 Å². The molecule has 2 aromatic carbocycles. The molecule has 1 atom stereocenters. The first-order valence-corrected chi connectivity index (χ1v) is 13.7. The molecule has 0 bridgehead atoms. The second kappa shape index (κ2) is 14.7. The molecule has 1 saturated heterocycles. The summed E-state index contributed by atoms with van der Waals surface area (Å²) in [5.74, 6) is 1.27. The van der Waals surface area contributed by atoms with Crippen LogP contribution in [0.4, 0.5) is 0 Å².